The van der Waals surface area contributed by atoms with Crippen LogP contribution in [0.4, 0.5) is 0 Å². The minimum absolute atomic E-state index is 0.350. The van der Waals surface area contributed by atoms with Gasteiger partial charge in [0, 0.05) is 18.7 Å². The van der Waals surface area contributed by atoms with Crippen LogP contribution in [0, 0.1) is 0 Å². The van der Waals surface area contributed by atoms with Gasteiger partial charge in [-0.3, -0.25) is 4.79 Å². The van der Waals surface area contributed by atoms with E-state index in [2.05, 4.69) is 0 Å². The van der Waals surface area contributed by atoms with Crippen LogP contribution in [0.15, 0.2) is 0 Å². The molecule has 0 heterocycles. The van der Waals surface area contributed by atoms with Crippen LogP contribution in [0.3, 0.4) is 0 Å². The van der Waals surface area contributed by atoms with E-state index in [1.54, 1.807) is 0 Å². The van der Waals surface area contributed by atoms with Crippen molar-refractivity contribution >= 4 is 29.5 Å². The number of halogens is 2. The molecule has 5 heteroatoms. The molecule has 0 fully saturated rings. The third-order valence-corrected chi connectivity index (χ3v) is 0.929. The molecule has 1 N–H and O–H groups in total. The van der Waals surface area contributed by atoms with Gasteiger partial charge < -0.3 is 0 Å². The monoisotopic (exact) mass is 142 g/mol. The van der Waals surface area contributed by atoms with Crippen LogP contribution < -0.4 is 4.94 Å². The summed E-state index contributed by atoms with van der Waals surface area (Å²) in [7, 11) is 0. The highest BCUT2D eigenvalue weighted by molar-refractivity contribution is 6.24. The molecule has 0 rings (SSSR count). The first-order valence-corrected chi connectivity index (χ1v) is 2.23. The average molecular weight is 143 g/mol. The number of nitrogens with zero attached hydrogens (tertiary/aromatic N) is 1. The zero-order valence-electron chi connectivity index (χ0n) is 3.61. The van der Waals surface area contributed by atoms with E-state index in [9.17, 15) is 4.79 Å². The maximum absolute atomic E-state index is 10.0. The van der Waals surface area contributed by atoms with Crippen molar-refractivity contribution in [1.29, 1.82) is 0 Å². The summed E-state index contributed by atoms with van der Waals surface area (Å²) in [6.07, 6.45) is 0. The van der Waals surface area contributed by atoms with Crippen molar-refractivity contribution in [2.45, 2.75) is 6.92 Å². The van der Waals surface area contributed by atoms with E-state index >= 15 is 0 Å². The summed E-state index contributed by atoms with van der Waals surface area (Å²) in [6.45, 7) is 1.28. The highest BCUT2D eigenvalue weighted by atomic mass is 35.5. The van der Waals surface area contributed by atoms with Gasteiger partial charge in [0.1, 0.15) is 0 Å². The summed E-state index contributed by atoms with van der Waals surface area (Å²) in [5, 5.41) is 0. The van der Waals surface area contributed by atoms with Crippen molar-refractivity contribution in [1.82, 2.24) is 9.47 Å². The second-order valence-corrected chi connectivity index (χ2v) is 1.39. The number of hydrogen-bond donors (Lipinski definition) is 1. The Labute approximate surface area is 51.4 Å². The average Bonchev–Trinajstić information content (AvgIpc) is 1.65. The Morgan fingerprint density at radius 3 is 2.29 bits per heavy atom. The lowest BCUT2D eigenvalue weighted by Crippen LogP contribution is -2.25. The second-order valence-electron chi connectivity index (χ2n) is 0.884. The largest absolute Gasteiger partial charge is 0.272 e. The van der Waals surface area contributed by atoms with Crippen molar-refractivity contribution in [3.8, 4) is 0 Å². The Balaban J connectivity index is 3.34. The van der Waals surface area contributed by atoms with Crippen molar-refractivity contribution in [2.24, 2.45) is 0 Å². The van der Waals surface area contributed by atoms with Crippen LogP contribution in [0.25, 0.3) is 0 Å². The van der Waals surface area contributed by atoms with Crippen LogP contribution in [-0.2, 0) is 4.79 Å². The topological polar surface area (TPSA) is 32.3 Å². The lowest BCUT2D eigenvalue weighted by molar-refractivity contribution is -0.125. The minimum atomic E-state index is -0.350. The highest BCUT2D eigenvalue weighted by Crippen LogP contribution is 1.87. The molecule has 0 unspecified atom stereocenters. The van der Waals surface area contributed by atoms with Gasteiger partial charge in [0.15, 0.2) is 0 Å². The van der Waals surface area contributed by atoms with Crippen LogP contribution in [0.5, 0.6) is 0 Å². The summed E-state index contributed by atoms with van der Waals surface area (Å²) >= 11 is 9.91. The standard InChI is InChI=1S/C2H4Cl2N2O/c1-2(7)6(4)5-3/h5H,1H3. The number of hydrazine groups is 1. The predicted octanol–water partition coefficient (Wildman–Crippen LogP) is 0.647. The fourth-order valence-corrected chi connectivity index (χ4v) is 0.179. The maximum Gasteiger partial charge on any atom is 0.249 e. The molecule has 0 saturated heterocycles. The molecule has 0 aliphatic rings. The highest BCUT2D eigenvalue weighted by Gasteiger charge is 1.98. The molecular formula is C2H4Cl2N2O. The van der Waals surface area contributed by atoms with E-state index in [4.69, 9.17) is 23.6 Å². The maximum atomic E-state index is 10.0. The van der Waals surface area contributed by atoms with E-state index in [0.29, 0.717) is 4.53 Å². The van der Waals surface area contributed by atoms with Gasteiger partial charge in [0.25, 0.3) is 0 Å². The first-order valence-electron chi connectivity index (χ1n) is 1.51. The first-order chi connectivity index (χ1) is 3.18. The predicted molar refractivity (Wildman–Crippen MR) is 27.4 cm³/mol. The summed E-state index contributed by atoms with van der Waals surface area (Å²) in [4.78, 5) is 11.9. The molecule has 1 amide bonds. The normalized spacial score (nSPS) is 8.43. The molecule has 0 saturated carbocycles. The van der Waals surface area contributed by atoms with Crippen LogP contribution in [-0.4, -0.2) is 10.4 Å². The van der Waals surface area contributed by atoms with Crippen LogP contribution in [0.1, 0.15) is 6.92 Å². The molecule has 0 aromatic carbocycles. The number of carbonyl (C=O) groups excluding carboxylic acids is 1. The lowest BCUT2D eigenvalue weighted by Gasteiger charge is -2.03. The van der Waals surface area contributed by atoms with Crippen LogP contribution in [0.2, 0.25) is 0 Å². The Morgan fingerprint density at radius 1 is 1.86 bits per heavy atom. The van der Waals surface area contributed by atoms with Gasteiger partial charge in [-0.2, -0.15) is 4.53 Å². The Morgan fingerprint density at radius 2 is 2.29 bits per heavy atom. The smallest absolute Gasteiger partial charge is 0.249 e. The Bertz CT molecular complexity index is 76.1. The SMILES string of the molecule is CC(=O)N(Cl)NCl. The molecule has 0 aliphatic carbocycles. The Hall–Kier alpha value is 0.01000. The van der Waals surface area contributed by atoms with Crippen LogP contribution >= 0.6 is 23.6 Å². The van der Waals surface area contributed by atoms with Gasteiger partial charge in [0.05, 0.1) is 0 Å². The second kappa shape index (κ2) is 3.07. The van der Waals surface area contributed by atoms with Crippen molar-refractivity contribution in [3.63, 3.8) is 0 Å². The summed E-state index contributed by atoms with van der Waals surface area (Å²) in [6, 6.07) is 0. The molecule has 0 atom stereocenters. The third kappa shape index (κ3) is 2.68. The fraction of sp³-hybridized carbons (Fsp3) is 0.500. The van der Waals surface area contributed by atoms with Gasteiger partial charge in [-0.25, -0.2) is 0 Å². The fourth-order valence-electron chi connectivity index (χ4n) is 0.0595. The quantitative estimate of drug-likeness (QED) is 0.431. The molecule has 0 aliphatic heterocycles. The van der Waals surface area contributed by atoms with E-state index in [1.807, 2.05) is 4.94 Å². The van der Waals surface area contributed by atoms with Gasteiger partial charge in [-0.05, 0) is 11.8 Å². The molecule has 0 radical (unpaired) electrons. The minimum Gasteiger partial charge on any atom is -0.272 e. The molecule has 0 aromatic rings. The molecular weight excluding hydrogens is 139 g/mol. The van der Waals surface area contributed by atoms with Gasteiger partial charge >= 0.3 is 0 Å². The lowest BCUT2D eigenvalue weighted by atomic mass is 10.8. The van der Waals surface area contributed by atoms with E-state index in [0.717, 1.165) is 0 Å². The van der Waals surface area contributed by atoms with Crippen molar-refractivity contribution in [2.75, 3.05) is 0 Å². The molecule has 0 aromatic heterocycles. The van der Waals surface area contributed by atoms with E-state index in [-0.39, 0.29) is 5.91 Å². The molecule has 3 nitrogen and oxygen atoms in total. The van der Waals surface area contributed by atoms with E-state index in [1.165, 1.54) is 6.92 Å². The molecule has 0 bridgehead atoms. The number of rotatable bonds is 1. The zero-order valence-corrected chi connectivity index (χ0v) is 5.12. The molecule has 0 spiro atoms. The van der Waals surface area contributed by atoms with Gasteiger partial charge in [0.2, 0.25) is 5.91 Å². The molecule has 42 valence electrons. The first kappa shape index (κ1) is 7.01. The van der Waals surface area contributed by atoms with E-state index < -0.39 is 0 Å². The zero-order chi connectivity index (χ0) is 5.86. The third-order valence-electron chi connectivity index (χ3n) is 0.351. The van der Waals surface area contributed by atoms with Gasteiger partial charge in [-0.1, -0.05) is 0 Å². The number of amides is 1. The summed E-state index contributed by atoms with van der Waals surface area (Å²) < 4.78 is 0.640. The number of nitrogens with one attached hydrogen (secondary N) is 1. The van der Waals surface area contributed by atoms with Crippen molar-refractivity contribution in [3.05, 3.63) is 0 Å². The number of hydrogen-bond acceptors (Lipinski definition) is 2. The molecule has 7 heavy (non-hydrogen) atoms. The number of carbonyl (C=O) groups is 1. The summed E-state index contributed by atoms with van der Waals surface area (Å²) in [5.41, 5.74) is 0. The van der Waals surface area contributed by atoms with Gasteiger partial charge in [-0.15, -0.1) is 4.94 Å². The summed E-state index contributed by atoms with van der Waals surface area (Å²) in [5.74, 6) is -0.350. The van der Waals surface area contributed by atoms with Crippen molar-refractivity contribution < 1.29 is 4.79 Å². The Kier molecular flexibility index (Phi) is 3.07.